The van der Waals surface area contributed by atoms with E-state index in [1.54, 1.807) is 5.57 Å². The Bertz CT molecular complexity index is 226. The molecule has 1 unspecified atom stereocenters. The summed E-state index contributed by atoms with van der Waals surface area (Å²) in [6.45, 7) is 4.59. The average Bonchev–Trinajstić information content (AvgIpc) is 3.16. The fraction of sp³-hybridized carbons (Fsp3) is 0.895. The molecule has 0 bridgehead atoms. The van der Waals surface area contributed by atoms with Gasteiger partial charge in [0.1, 0.15) is 0 Å². The zero-order valence-corrected chi connectivity index (χ0v) is 13.6. The van der Waals surface area contributed by atoms with Gasteiger partial charge in [-0.25, -0.2) is 0 Å². The Morgan fingerprint density at radius 1 is 0.789 bits per heavy atom. The number of hydrogen-bond acceptors (Lipinski definition) is 0. The highest BCUT2D eigenvalue weighted by atomic mass is 14.3. The second-order valence-corrected chi connectivity index (χ2v) is 6.44. The summed E-state index contributed by atoms with van der Waals surface area (Å²) < 4.78 is 0. The van der Waals surface area contributed by atoms with Crippen LogP contribution in [0.15, 0.2) is 11.6 Å². The molecule has 1 fully saturated rings. The predicted octanol–water partition coefficient (Wildman–Crippen LogP) is 7.04. The first-order chi connectivity index (χ1) is 9.38. The highest BCUT2D eigenvalue weighted by Crippen LogP contribution is 2.42. The lowest BCUT2D eigenvalue weighted by molar-refractivity contribution is 0.586. The van der Waals surface area contributed by atoms with Gasteiger partial charge in [0.25, 0.3) is 0 Å². The minimum Gasteiger partial charge on any atom is -0.0850 e. The van der Waals surface area contributed by atoms with Crippen molar-refractivity contribution in [2.24, 2.45) is 5.92 Å². The highest BCUT2D eigenvalue weighted by molar-refractivity contribution is 5.22. The maximum Gasteiger partial charge on any atom is -0.0166 e. The Labute approximate surface area is 122 Å². The van der Waals surface area contributed by atoms with Gasteiger partial charge in [-0.3, -0.25) is 0 Å². The molecule has 0 saturated heterocycles. The molecule has 0 nitrogen and oxygen atoms in total. The van der Waals surface area contributed by atoms with Gasteiger partial charge in [-0.05, 0) is 31.6 Å². The maximum atomic E-state index is 2.57. The predicted molar refractivity (Wildman–Crippen MR) is 87.6 cm³/mol. The van der Waals surface area contributed by atoms with E-state index in [1.807, 2.05) is 0 Å². The smallest absolute Gasteiger partial charge is 0.0166 e. The summed E-state index contributed by atoms with van der Waals surface area (Å²) in [5, 5.41) is 0. The van der Waals surface area contributed by atoms with Crippen LogP contribution in [0.5, 0.6) is 0 Å². The van der Waals surface area contributed by atoms with Crippen molar-refractivity contribution in [1.82, 2.24) is 0 Å². The van der Waals surface area contributed by atoms with Crippen molar-refractivity contribution >= 4 is 0 Å². The van der Waals surface area contributed by atoms with Crippen molar-refractivity contribution in [2.45, 2.75) is 104 Å². The van der Waals surface area contributed by atoms with Gasteiger partial charge in [0.2, 0.25) is 0 Å². The van der Waals surface area contributed by atoms with Crippen LogP contribution >= 0.6 is 0 Å². The largest absolute Gasteiger partial charge is 0.0850 e. The molecule has 0 amide bonds. The Morgan fingerprint density at radius 3 is 2.05 bits per heavy atom. The van der Waals surface area contributed by atoms with Crippen LogP contribution in [-0.2, 0) is 0 Å². The van der Waals surface area contributed by atoms with E-state index < -0.39 is 0 Å². The van der Waals surface area contributed by atoms with Crippen LogP contribution in [0.3, 0.4) is 0 Å². The molecule has 0 aliphatic heterocycles. The lowest BCUT2D eigenvalue weighted by Crippen LogP contribution is -1.81. The minimum atomic E-state index is 1.00. The van der Waals surface area contributed by atoms with E-state index in [0.29, 0.717) is 0 Å². The van der Waals surface area contributed by atoms with E-state index in [-0.39, 0.29) is 0 Å². The van der Waals surface area contributed by atoms with Crippen molar-refractivity contribution < 1.29 is 0 Å². The summed E-state index contributed by atoms with van der Waals surface area (Å²) in [6, 6.07) is 0. The molecule has 1 aliphatic carbocycles. The molecule has 0 heterocycles. The molecule has 1 aliphatic rings. The Kier molecular flexibility index (Phi) is 10.2. The van der Waals surface area contributed by atoms with E-state index in [1.165, 1.54) is 89.9 Å². The molecule has 19 heavy (non-hydrogen) atoms. The fourth-order valence-corrected chi connectivity index (χ4v) is 2.97. The highest BCUT2D eigenvalue weighted by Gasteiger charge is 2.27. The van der Waals surface area contributed by atoms with Crippen LogP contribution in [0.2, 0.25) is 0 Å². The van der Waals surface area contributed by atoms with Gasteiger partial charge in [0.15, 0.2) is 0 Å². The molecule has 1 rings (SSSR count). The molecular formula is C19H36. The number of rotatable bonds is 13. The first kappa shape index (κ1) is 16.8. The zero-order valence-electron chi connectivity index (χ0n) is 13.6. The molecular weight excluding hydrogens is 228 g/mol. The number of allylic oxidation sites excluding steroid dienone is 2. The van der Waals surface area contributed by atoms with Gasteiger partial charge < -0.3 is 0 Å². The Morgan fingerprint density at radius 2 is 1.37 bits per heavy atom. The lowest BCUT2D eigenvalue weighted by atomic mass is 10.1. The van der Waals surface area contributed by atoms with Gasteiger partial charge in [-0.1, -0.05) is 89.7 Å². The lowest BCUT2D eigenvalue weighted by Gasteiger charge is -1.98. The molecule has 112 valence electrons. The van der Waals surface area contributed by atoms with Crippen molar-refractivity contribution in [3.63, 3.8) is 0 Å². The van der Waals surface area contributed by atoms with Crippen molar-refractivity contribution in [2.75, 3.05) is 0 Å². The first-order valence-corrected chi connectivity index (χ1v) is 9.07. The van der Waals surface area contributed by atoms with Crippen LogP contribution < -0.4 is 0 Å². The second kappa shape index (κ2) is 11.6. The summed E-state index contributed by atoms with van der Waals surface area (Å²) in [4.78, 5) is 0. The number of hydrogen-bond donors (Lipinski definition) is 0. The topological polar surface area (TPSA) is 0 Å². The molecule has 1 saturated carbocycles. The average molecular weight is 264 g/mol. The summed E-state index contributed by atoms with van der Waals surface area (Å²) in [7, 11) is 0. The van der Waals surface area contributed by atoms with Crippen LogP contribution in [0.4, 0.5) is 0 Å². The van der Waals surface area contributed by atoms with E-state index >= 15 is 0 Å². The molecule has 0 radical (unpaired) electrons. The van der Waals surface area contributed by atoms with Gasteiger partial charge in [-0.2, -0.15) is 0 Å². The summed E-state index contributed by atoms with van der Waals surface area (Å²) in [6.07, 6.45) is 22.6. The Balaban J connectivity index is 1.84. The van der Waals surface area contributed by atoms with Gasteiger partial charge in [0.05, 0.1) is 0 Å². The van der Waals surface area contributed by atoms with Crippen LogP contribution in [0.25, 0.3) is 0 Å². The van der Waals surface area contributed by atoms with E-state index in [2.05, 4.69) is 19.9 Å². The molecule has 0 aromatic carbocycles. The summed E-state index contributed by atoms with van der Waals surface area (Å²) in [5.74, 6) is 1.00. The van der Waals surface area contributed by atoms with Gasteiger partial charge >= 0.3 is 0 Å². The second-order valence-electron chi connectivity index (χ2n) is 6.44. The van der Waals surface area contributed by atoms with E-state index in [0.717, 1.165) is 5.92 Å². The molecule has 0 spiro atoms. The minimum absolute atomic E-state index is 1.00. The van der Waals surface area contributed by atoms with Crippen molar-refractivity contribution in [1.29, 1.82) is 0 Å². The van der Waals surface area contributed by atoms with Gasteiger partial charge in [-0.15, -0.1) is 0 Å². The monoisotopic (exact) mass is 264 g/mol. The summed E-state index contributed by atoms with van der Waals surface area (Å²) in [5.41, 5.74) is 1.80. The third kappa shape index (κ3) is 9.30. The molecule has 0 heteroatoms. The van der Waals surface area contributed by atoms with E-state index in [4.69, 9.17) is 0 Å². The summed E-state index contributed by atoms with van der Waals surface area (Å²) >= 11 is 0. The third-order valence-corrected chi connectivity index (χ3v) is 4.47. The van der Waals surface area contributed by atoms with Crippen LogP contribution in [-0.4, -0.2) is 0 Å². The van der Waals surface area contributed by atoms with Gasteiger partial charge in [0, 0.05) is 0 Å². The SMILES string of the molecule is CCCCCCCCC=C1CC1CCCCCCC. The van der Waals surface area contributed by atoms with Crippen molar-refractivity contribution in [3.05, 3.63) is 11.6 Å². The van der Waals surface area contributed by atoms with Crippen LogP contribution in [0.1, 0.15) is 104 Å². The third-order valence-electron chi connectivity index (χ3n) is 4.47. The van der Waals surface area contributed by atoms with Crippen molar-refractivity contribution in [3.8, 4) is 0 Å². The maximum absolute atomic E-state index is 2.57. The molecule has 0 aromatic rings. The Hall–Kier alpha value is -0.260. The number of unbranched alkanes of at least 4 members (excludes halogenated alkanes) is 10. The van der Waals surface area contributed by atoms with E-state index in [9.17, 15) is 0 Å². The normalized spacial score (nSPS) is 20.1. The zero-order chi connectivity index (χ0) is 13.8. The standard InChI is InChI=1S/C19H36/c1-3-5-7-9-10-12-14-16-19-17-18(19)15-13-11-8-6-4-2/h16,18H,3-15,17H2,1-2H3. The fourth-order valence-electron chi connectivity index (χ4n) is 2.97. The molecule has 1 atom stereocenters. The first-order valence-electron chi connectivity index (χ1n) is 9.07. The molecule has 0 N–H and O–H groups in total. The van der Waals surface area contributed by atoms with Crippen LogP contribution in [0, 0.1) is 5.92 Å². The molecule has 0 aromatic heterocycles. The quantitative estimate of drug-likeness (QED) is 0.247.